The lowest BCUT2D eigenvalue weighted by molar-refractivity contribution is 0.412. The van der Waals surface area contributed by atoms with Gasteiger partial charge in [0.1, 0.15) is 17.2 Å². The summed E-state index contributed by atoms with van der Waals surface area (Å²) in [4.78, 5) is 0. The summed E-state index contributed by atoms with van der Waals surface area (Å²) in [6, 6.07) is 17.4. The SMILES string of the molecule is COc1ccc(O)c(C2=NNC(c3ccc(OC)c4ccccc34)C2)c1. The minimum atomic E-state index is 0.0337. The van der Waals surface area contributed by atoms with Gasteiger partial charge in [0, 0.05) is 17.4 Å². The summed E-state index contributed by atoms with van der Waals surface area (Å²) in [6.45, 7) is 0. The molecule has 5 nitrogen and oxygen atoms in total. The number of hydrogen-bond donors (Lipinski definition) is 2. The molecule has 1 aliphatic rings. The van der Waals surface area contributed by atoms with Crippen LogP contribution in [-0.2, 0) is 0 Å². The molecule has 3 aromatic rings. The Kier molecular flexibility index (Phi) is 4.13. The Morgan fingerprint density at radius 1 is 1.00 bits per heavy atom. The van der Waals surface area contributed by atoms with E-state index in [1.54, 1.807) is 26.4 Å². The Hall–Kier alpha value is -3.21. The molecule has 1 unspecified atom stereocenters. The van der Waals surface area contributed by atoms with Crippen molar-refractivity contribution in [3.05, 3.63) is 65.7 Å². The van der Waals surface area contributed by atoms with E-state index in [0.29, 0.717) is 17.7 Å². The van der Waals surface area contributed by atoms with Crippen LogP contribution in [0.2, 0.25) is 0 Å². The van der Waals surface area contributed by atoms with Crippen LogP contribution in [0.5, 0.6) is 17.2 Å². The lowest BCUT2D eigenvalue weighted by atomic mass is 9.94. The van der Waals surface area contributed by atoms with E-state index in [0.717, 1.165) is 27.8 Å². The third-order valence-corrected chi connectivity index (χ3v) is 4.78. The van der Waals surface area contributed by atoms with E-state index in [9.17, 15) is 5.11 Å². The summed E-state index contributed by atoms with van der Waals surface area (Å²) < 4.78 is 10.7. The van der Waals surface area contributed by atoms with Crippen LogP contribution in [0.25, 0.3) is 10.8 Å². The van der Waals surface area contributed by atoms with E-state index in [1.165, 1.54) is 0 Å². The molecule has 0 fully saturated rings. The van der Waals surface area contributed by atoms with Crippen LogP contribution in [0.15, 0.2) is 59.7 Å². The van der Waals surface area contributed by atoms with Gasteiger partial charge in [-0.2, -0.15) is 5.10 Å². The van der Waals surface area contributed by atoms with Crippen molar-refractivity contribution in [1.82, 2.24) is 5.43 Å². The summed E-state index contributed by atoms with van der Waals surface area (Å²) in [5.41, 5.74) is 5.87. The molecule has 0 radical (unpaired) electrons. The zero-order valence-electron chi connectivity index (χ0n) is 14.7. The van der Waals surface area contributed by atoms with Crippen LogP contribution in [-0.4, -0.2) is 25.0 Å². The van der Waals surface area contributed by atoms with E-state index in [2.05, 4.69) is 28.7 Å². The fourth-order valence-electron chi connectivity index (χ4n) is 3.44. The number of methoxy groups -OCH3 is 2. The summed E-state index contributed by atoms with van der Waals surface area (Å²) in [7, 11) is 3.29. The Morgan fingerprint density at radius 2 is 1.81 bits per heavy atom. The van der Waals surface area contributed by atoms with Gasteiger partial charge >= 0.3 is 0 Å². The first-order chi connectivity index (χ1) is 12.7. The second-order valence-corrected chi connectivity index (χ2v) is 6.23. The first-order valence-electron chi connectivity index (χ1n) is 8.46. The highest BCUT2D eigenvalue weighted by Gasteiger charge is 2.25. The Morgan fingerprint density at radius 3 is 2.58 bits per heavy atom. The average Bonchev–Trinajstić information content (AvgIpc) is 3.17. The highest BCUT2D eigenvalue weighted by atomic mass is 16.5. The highest BCUT2D eigenvalue weighted by molar-refractivity contribution is 6.04. The summed E-state index contributed by atoms with van der Waals surface area (Å²) in [5, 5.41) is 16.9. The Balaban J connectivity index is 1.68. The minimum Gasteiger partial charge on any atom is -0.507 e. The van der Waals surface area contributed by atoms with Crippen LogP contribution in [0.4, 0.5) is 0 Å². The molecule has 1 heterocycles. The van der Waals surface area contributed by atoms with Gasteiger partial charge in [0.2, 0.25) is 0 Å². The van der Waals surface area contributed by atoms with E-state index >= 15 is 0 Å². The standard InChI is InChI=1S/C21H20N2O3/c1-25-13-7-9-20(24)17(11-13)19-12-18(22-23-19)15-8-10-21(26-2)16-6-4-3-5-14(15)16/h3-11,18,22,24H,12H2,1-2H3. The number of nitrogens with one attached hydrogen (secondary N) is 1. The maximum atomic E-state index is 10.2. The zero-order chi connectivity index (χ0) is 18.1. The average molecular weight is 348 g/mol. The molecule has 1 atom stereocenters. The van der Waals surface area contributed by atoms with Crippen molar-refractivity contribution < 1.29 is 14.6 Å². The molecule has 0 spiro atoms. The number of nitrogens with zero attached hydrogens (tertiary/aromatic N) is 1. The van der Waals surface area contributed by atoms with Crippen molar-refractivity contribution in [2.24, 2.45) is 5.10 Å². The van der Waals surface area contributed by atoms with Crippen molar-refractivity contribution >= 4 is 16.5 Å². The molecule has 4 rings (SSSR count). The van der Waals surface area contributed by atoms with Gasteiger partial charge in [-0.1, -0.05) is 30.3 Å². The topological polar surface area (TPSA) is 63.1 Å². The molecule has 0 aliphatic carbocycles. The molecule has 5 heteroatoms. The number of ether oxygens (including phenoxy) is 2. The van der Waals surface area contributed by atoms with Crippen molar-refractivity contribution in [2.45, 2.75) is 12.5 Å². The van der Waals surface area contributed by atoms with Gasteiger partial charge in [0.25, 0.3) is 0 Å². The zero-order valence-corrected chi connectivity index (χ0v) is 14.7. The Labute approximate surface area is 151 Å². The molecule has 0 amide bonds. The predicted octanol–water partition coefficient (Wildman–Crippen LogP) is 4.00. The van der Waals surface area contributed by atoms with Crippen LogP contribution >= 0.6 is 0 Å². The van der Waals surface area contributed by atoms with E-state index in [1.807, 2.05) is 24.3 Å². The number of fused-ring (bicyclic) bond motifs is 1. The quantitative estimate of drug-likeness (QED) is 0.748. The van der Waals surface area contributed by atoms with Gasteiger partial charge in [-0.3, -0.25) is 0 Å². The molecule has 2 N–H and O–H groups in total. The predicted molar refractivity (Wildman–Crippen MR) is 102 cm³/mol. The second-order valence-electron chi connectivity index (χ2n) is 6.23. The number of hydrogen-bond acceptors (Lipinski definition) is 5. The normalized spacial score (nSPS) is 16.2. The number of phenols is 1. The fraction of sp³-hybridized carbons (Fsp3) is 0.190. The Bertz CT molecular complexity index is 998. The smallest absolute Gasteiger partial charge is 0.126 e. The van der Waals surface area contributed by atoms with E-state index in [4.69, 9.17) is 9.47 Å². The molecule has 132 valence electrons. The molecule has 0 bridgehead atoms. The molecule has 26 heavy (non-hydrogen) atoms. The maximum Gasteiger partial charge on any atom is 0.126 e. The number of benzene rings is 3. The van der Waals surface area contributed by atoms with E-state index < -0.39 is 0 Å². The van der Waals surface area contributed by atoms with Crippen LogP contribution in [0, 0.1) is 0 Å². The fourth-order valence-corrected chi connectivity index (χ4v) is 3.44. The maximum absolute atomic E-state index is 10.2. The molecule has 3 aromatic carbocycles. The minimum absolute atomic E-state index is 0.0337. The van der Waals surface area contributed by atoms with Gasteiger partial charge in [-0.25, -0.2) is 0 Å². The number of aromatic hydroxyl groups is 1. The van der Waals surface area contributed by atoms with Crippen LogP contribution in [0.3, 0.4) is 0 Å². The molecular formula is C21H20N2O3. The van der Waals surface area contributed by atoms with Gasteiger partial charge in [0.15, 0.2) is 0 Å². The summed E-state index contributed by atoms with van der Waals surface area (Å²) >= 11 is 0. The lowest BCUT2D eigenvalue weighted by Crippen LogP contribution is -2.10. The van der Waals surface area contributed by atoms with Crippen LogP contribution < -0.4 is 14.9 Å². The number of rotatable bonds is 4. The van der Waals surface area contributed by atoms with Gasteiger partial charge in [0.05, 0.1) is 26.0 Å². The molecule has 0 aromatic heterocycles. The third-order valence-electron chi connectivity index (χ3n) is 4.78. The second kappa shape index (κ2) is 6.59. The van der Waals surface area contributed by atoms with Crippen molar-refractivity contribution in [3.63, 3.8) is 0 Å². The van der Waals surface area contributed by atoms with E-state index in [-0.39, 0.29) is 11.8 Å². The van der Waals surface area contributed by atoms with Crippen molar-refractivity contribution in [2.75, 3.05) is 14.2 Å². The van der Waals surface area contributed by atoms with Gasteiger partial charge < -0.3 is 20.0 Å². The lowest BCUT2D eigenvalue weighted by Gasteiger charge is -2.15. The summed E-state index contributed by atoms with van der Waals surface area (Å²) in [5.74, 6) is 1.75. The largest absolute Gasteiger partial charge is 0.507 e. The number of hydrazone groups is 1. The number of phenolic OH excluding ortho intramolecular Hbond substituents is 1. The first-order valence-corrected chi connectivity index (χ1v) is 8.46. The summed E-state index contributed by atoms with van der Waals surface area (Å²) in [6.07, 6.45) is 0.678. The highest BCUT2D eigenvalue weighted by Crippen LogP contribution is 2.36. The van der Waals surface area contributed by atoms with Crippen LogP contribution in [0.1, 0.15) is 23.6 Å². The first kappa shape index (κ1) is 16.3. The van der Waals surface area contributed by atoms with Crippen molar-refractivity contribution in [1.29, 1.82) is 0 Å². The molecule has 0 saturated carbocycles. The molecule has 0 saturated heterocycles. The van der Waals surface area contributed by atoms with Crippen molar-refractivity contribution in [3.8, 4) is 17.2 Å². The monoisotopic (exact) mass is 348 g/mol. The molecule has 1 aliphatic heterocycles. The third kappa shape index (κ3) is 2.71. The molecular weight excluding hydrogens is 328 g/mol. The van der Waals surface area contributed by atoms with Gasteiger partial charge in [-0.15, -0.1) is 0 Å². The van der Waals surface area contributed by atoms with Gasteiger partial charge in [-0.05, 0) is 35.2 Å².